The lowest BCUT2D eigenvalue weighted by Crippen LogP contribution is -2.30. The fourth-order valence-electron chi connectivity index (χ4n) is 1.84. The summed E-state index contributed by atoms with van der Waals surface area (Å²) in [6.07, 6.45) is -4.43. The minimum Gasteiger partial charge on any atom is -0.484 e. The fourth-order valence-corrected chi connectivity index (χ4v) is 2.63. The maximum atomic E-state index is 12.6. The predicted octanol–water partition coefficient (Wildman–Crippen LogP) is 3.99. The van der Waals surface area contributed by atoms with Gasteiger partial charge in [0.1, 0.15) is 5.75 Å². The van der Waals surface area contributed by atoms with Crippen LogP contribution in [-0.2, 0) is 11.0 Å². The Morgan fingerprint density at radius 2 is 1.83 bits per heavy atom. The van der Waals surface area contributed by atoms with Crippen molar-refractivity contribution in [1.29, 1.82) is 0 Å². The van der Waals surface area contributed by atoms with Gasteiger partial charge in [-0.1, -0.05) is 24.3 Å². The molecule has 0 atom stereocenters. The van der Waals surface area contributed by atoms with E-state index < -0.39 is 11.7 Å². The Bertz CT molecular complexity index is 662. The molecule has 7 heteroatoms. The Hall–Kier alpha value is -2.15. The average molecular weight is 355 g/mol. The van der Waals surface area contributed by atoms with Crippen LogP contribution in [0.15, 0.2) is 59.5 Å². The summed E-state index contributed by atoms with van der Waals surface area (Å²) in [5, 5.41) is 2.66. The summed E-state index contributed by atoms with van der Waals surface area (Å²) < 4.78 is 42.8. The zero-order chi connectivity index (χ0) is 17.4. The predicted molar refractivity (Wildman–Crippen MR) is 87.1 cm³/mol. The van der Waals surface area contributed by atoms with Crippen molar-refractivity contribution in [2.24, 2.45) is 0 Å². The molecule has 1 N–H and O–H groups in total. The highest BCUT2D eigenvalue weighted by Crippen LogP contribution is 2.31. The highest BCUT2D eigenvalue weighted by molar-refractivity contribution is 7.99. The third-order valence-electron chi connectivity index (χ3n) is 2.97. The number of benzene rings is 2. The first-order valence-corrected chi connectivity index (χ1v) is 8.18. The van der Waals surface area contributed by atoms with Crippen molar-refractivity contribution in [2.75, 3.05) is 18.9 Å². The number of carbonyl (C=O) groups excluding carboxylic acids is 1. The van der Waals surface area contributed by atoms with Crippen molar-refractivity contribution in [3.05, 3.63) is 60.2 Å². The van der Waals surface area contributed by atoms with E-state index in [1.807, 2.05) is 30.3 Å². The van der Waals surface area contributed by atoms with E-state index >= 15 is 0 Å². The number of halogens is 3. The summed E-state index contributed by atoms with van der Waals surface area (Å²) in [5.41, 5.74) is -0.806. The quantitative estimate of drug-likeness (QED) is 0.603. The largest absolute Gasteiger partial charge is 0.484 e. The van der Waals surface area contributed by atoms with Crippen molar-refractivity contribution in [3.63, 3.8) is 0 Å². The van der Waals surface area contributed by atoms with Crippen LogP contribution in [0.2, 0.25) is 0 Å². The molecule has 0 fully saturated rings. The number of hydrogen-bond acceptors (Lipinski definition) is 3. The number of alkyl halides is 3. The molecule has 2 aromatic carbocycles. The van der Waals surface area contributed by atoms with Crippen LogP contribution in [0.5, 0.6) is 5.75 Å². The number of nitrogens with one attached hydrogen (secondary N) is 1. The third-order valence-corrected chi connectivity index (χ3v) is 3.98. The molecule has 0 radical (unpaired) electrons. The van der Waals surface area contributed by atoms with E-state index in [4.69, 9.17) is 4.74 Å². The van der Waals surface area contributed by atoms with Gasteiger partial charge < -0.3 is 10.1 Å². The molecular formula is C17H16F3NO2S. The Morgan fingerprint density at radius 3 is 2.54 bits per heavy atom. The van der Waals surface area contributed by atoms with Gasteiger partial charge >= 0.3 is 6.18 Å². The van der Waals surface area contributed by atoms with Crippen LogP contribution in [0.4, 0.5) is 13.2 Å². The lowest BCUT2D eigenvalue weighted by atomic mass is 10.2. The molecular weight excluding hydrogens is 339 g/mol. The van der Waals surface area contributed by atoms with Crippen LogP contribution in [0, 0.1) is 0 Å². The number of rotatable bonds is 7. The first-order valence-electron chi connectivity index (χ1n) is 7.20. The lowest BCUT2D eigenvalue weighted by molar-refractivity contribution is -0.137. The van der Waals surface area contributed by atoms with Crippen molar-refractivity contribution < 1.29 is 22.7 Å². The molecule has 1 amide bonds. The number of carbonyl (C=O) groups is 1. The van der Waals surface area contributed by atoms with Gasteiger partial charge in [-0.2, -0.15) is 13.2 Å². The van der Waals surface area contributed by atoms with E-state index in [1.165, 1.54) is 12.1 Å². The van der Waals surface area contributed by atoms with Crippen molar-refractivity contribution >= 4 is 17.7 Å². The molecule has 0 aliphatic heterocycles. The molecule has 0 spiro atoms. The smallest absolute Gasteiger partial charge is 0.416 e. The maximum Gasteiger partial charge on any atom is 0.416 e. The highest BCUT2D eigenvalue weighted by atomic mass is 32.2. The third kappa shape index (κ3) is 6.16. The van der Waals surface area contributed by atoms with Crippen LogP contribution in [0.25, 0.3) is 0 Å². The summed E-state index contributed by atoms with van der Waals surface area (Å²) in [4.78, 5) is 12.7. The number of thioether (sulfide) groups is 1. The van der Waals surface area contributed by atoms with Gasteiger partial charge in [-0.3, -0.25) is 4.79 Å². The molecule has 24 heavy (non-hydrogen) atoms. The van der Waals surface area contributed by atoms with Crippen LogP contribution >= 0.6 is 11.8 Å². The molecule has 0 aliphatic rings. The van der Waals surface area contributed by atoms with Crippen molar-refractivity contribution in [3.8, 4) is 5.75 Å². The summed E-state index contributed by atoms with van der Waals surface area (Å²) in [7, 11) is 0. The fraction of sp³-hybridized carbons (Fsp3) is 0.235. The van der Waals surface area contributed by atoms with Gasteiger partial charge in [-0.25, -0.2) is 0 Å². The SMILES string of the molecule is O=C(COc1cccc(C(F)(F)F)c1)NCCSc1ccccc1. The van der Waals surface area contributed by atoms with Crippen LogP contribution < -0.4 is 10.1 Å². The van der Waals surface area contributed by atoms with Gasteiger partial charge in [0.15, 0.2) is 6.61 Å². The maximum absolute atomic E-state index is 12.6. The molecule has 0 bridgehead atoms. The normalized spacial score (nSPS) is 11.1. The van der Waals surface area contributed by atoms with Crippen molar-refractivity contribution in [2.45, 2.75) is 11.1 Å². The molecule has 2 aromatic rings. The van der Waals surface area contributed by atoms with Gasteiger partial charge in [0.05, 0.1) is 5.56 Å². The second-order valence-corrected chi connectivity index (χ2v) is 5.99. The van der Waals surface area contributed by atoms with E-state index in [9.17, 15) is 18.0 Å². The molecule has 0 heterocycles. The number of ether oxygens (including phenoxy) is 1. The van der Waals surface area contributed by atoms with Gasteiger partial charge in [-0.05, 0) is 30.3 Å². The van der Waals surface area contributed by atoms with Crippen molar-refractivity contribution in [1.82, 2.24) is 5.32 Å². The zero-order valence-electron chi connectivity index (χ0n) is 12.7. The minimum atomic E-state index is -4.43. The summed E-state index contributed by atoms with van der Waals surface area (Å²) in [5.74, 6) is 0.332. The first kappa shape index (κ1) is 18.2. The lowest BCUT2D eigenvalue weighted by Gasteiger charge is -2.10. The molecule has 0 aliphatic carbocycles. The summed E-state index contributed by atoms with van der Waals surface area (Å²) >= 11 is 1.60. The van der Waals surface area contributed by atoms with Crippen LogP contribution in [0.1, 0.15) is 5.56 Å². The second-order valence-electron chi connectivity index (χ2n) is 4.83. The number of hydrogen-bond donors (Lipinski definition) is 1. The Kier molecular flexibility index (Phi) is 6.54. The molecule has 0 unspecified atom stereocenters. The van der Waals surface area contributed by atoms with Gasteiger partial charge in [-0.15, -0.1) is 11.8 Å². The average Bonchev–Trinajstić information content (AvgIpc) is 2.57. The molecule has 0 aromatic heterocycles. The van der Waals surface area contributed by atoms with Crippen LogP contribution in [-0.4, -0.2) is 24.8 Å². The minimum absolute atomic E-state index is 0.0126. The molecule has 0 saturated carbocycles. The van der Waals surface area contributed by atoms with E-state index in [1.54, 1.807) is 11.8 Å². The van der Waals surface area contributed by atoms with E-state index in [0.29, 0.717) is 12.3 Å². The Morgan fingerprint density at radius 1 is 1.08 bits per heavy atom. The molecule has 128 valence electrons. The van der Waals surface area contributed by atoms with Gasteiger partial charge in [0.2, 0.25) is 0 Å². The van der Waals surface area contributed by atoms with Gasteiger partial charge in [0.25, 0.3) is 5.91 Å². The number of amides is 1. The first-order chi connectivity index (χ1) is 11.4. The van der Waals surface area contributed by atoms with E-state index in [2.05, 4.69) is 5.32 Å². The Labute approximate surface area is 142 Å². The van der Waals surface area contributed by atoms with Gasteiger partial charge in [0, 0.05) is 17.2 Å². The van der Waals surface area contributed by atoms with E-state index in [-0.39, 0.29) is 18.3 Å². The zero-order valence-corrected chi connectivity index (χ0v) is 13.5. The molecule has 2 rings (SSSR count). The highest BCUT2D eigenvalue weighted by Gasteiger charge is 2.30. The van der Waals surface area contributed by atoms with Crippen LogP contribution in [0.3, 0.4) is 0 Å². The Balaban J connectivity index is 1.70. The summed E-state index contributed by atoms with van der Waals surface area (Å²) in [6.45, 7) is 0.127. The second kappa shape index (κ2) is 8.63. The topological polar surface area (TPSA) is 38.3 Å². The standard InChI is InChI=1S/C17H16F3NO2S/c18-17(19,20)13-5-4-6-14(11-13)23-12-16(22)21-9-10-24-15-7-2-1-3-8-15/h1-8,11H,9-10,12H2,(H,21,22). The molecule has 3 nitrogen and oxygen atoms in total. The molecule has 0 saturated heterocycles. The van der Waals surface area contributed by atoms with E-state index in [0.717, 1.165) is 17.0 Å². The summed E-state index contributed by atoms with van der Waals surface area (Å²) in [6, 6.07) is 14.2. The monoisotopic (exact) mass is 355 g/mol.